The van der Waals surface area contributed by atoms with E-state index < -0.39 is 11.9 Å². The topological polar surface area (TPSA) is 88.0 Å². The fourth-order valence-electron chi connectivity index (χ4n) is 2.29. The van der Waals surface area contributed by atoms with Crippen LogP contribution in [0.25, 0.3) is 10.9 Å². The first kappa shape index (κ1) is 14.0. The zero-order valence-corrected chi connectivity index (χ0v) is 11.1. The Labute approximate surface area is 115 Å². The number of nitrogens with two attached hydrogens (primary N) is 1. The molecule has 0 aliphatic rings. The molecule has 1 aromatic carbocycles. The van der Waals surface area contributed by atoms with Gasteiger partial charge in [0.05, 0.1) is 5.52 Å². The first-order valence-corrected chi connectivity index (χ1v) is 6.39. The molecular weight excluding hydrogens is 261 g/mol. The normalized spacial score (nSPS) is 10.7. The van der Waals surface area contributed by atoms with E-state index in [1.807, 2.05) is 12.2 Å². The summed E-state index contributed by atoms with van der Waals surface area (Å²) in [7, 11) is 0. The lowest BCUT2D eigenvalue weighted by molar-refractivity contribution is -0.119. The molecule has 0 aliphatic heterocycles. The van der Waals surface area contributed by atoms with Crippen molar-refractivity contribution in [3.63, 3.8) is 0 Å². The van der Waals surface area contributed by atoms with Crippen molar-refractivity contribution in [3.8, 4) is 0 Å². The second-order valence-corrected chi connectivity index (χ2v) is 4.53. The third-order valence-electron chi connectivity index (χ3n) is 3.23. The van der Waals surface area contributed by atoms with Crippen molar-refractivity contribution in [2.24, 2.45) is 5.73 Å². The molecule has 20 heavy (non-hydrogen) atoms. The first-order valence-electron chi connectivity index (χ1n) is 6.39. The number of imide groups is 1. The van der Waals surface area contributed by atoms with Gasteiger partial charge in [-0.3, -0.25) is 10.1 Å². The molecule has 0 radical (unpaired) electrons. The minimum atomic E-state index is -0.857. The molecule has 0 fully saturated rings. The summed E-state index contributed by atoms with van der Waals surface area (Å²) in [5, 5.41) is 2.91. The van der Waals surface area contributed by atoms with E-state index >= 15 is 0 Å². The lowest BCUT2D eigenvalue weighted by Crippen LogP contribution is -2.35. The Hall–Kier alpha value is -2.37. The highest BCUT2D eigenvalue weighted by molar-refractivity contribution is 5.94. The van der Waals surface area contributed by atoms with Gasteiger partial charge in [0, 0.05) is 23.6 Å². The van der Waals surface area contributed by atoms with Gasteiger partial charge in [0.15, 0.2) is 0 Å². The third kappa shape index (κ3) is 2.79. The standard InChI is InChI=1S/C14H16FN3O2/c1-2-9-11(15)5-4-10-8(7-17-13(9)10)3-6-12(19)18-14(16)20/h4-5,7,17H,2-3,6H2,1H3,(H3,16,18,19,20). The number of carbonyl (C=O) groups excluding carboxylic acids is 2. The molecule has 2 aromatic rings. The average molecular weight is 277 g/mol. The summed E-state index contributed by atoms with van der Waals surface area (Å²) in [6.45, 7) is 1.89. The van der Waals surface area contributed by atoms with Gasteiger partial charge in [-0.1, -0.05) is 6.92 Å². The third-order valence-corrected chi connectivity index (χ3v) is 3.23. The molecular formula is C14H16FN3O2. The fraction of sp³-hybridized carbons (Fsp3) is 0.286. The van der Waals surface area contributed by atoms with Gasteiger partial charge in [0.25, 0.3) is 0 Å². The van der Waals surface area contributed by atoms with Gasteiger partial charge >= 0.3 is 6.03 Å². The maximum Gasteiger partial charge on any atom is 0.318 e. The number of benzene rings is 1. The monoisotopic (exact) mass is 277 g/mol. The van der Waals surface area contributed by atoms with E-state index in [0.717, 1.165) is 16.5 Å². The number of hydrogen-bond acceptors (Lipinski definition) is 2. The number of carbonyl (C=O) groups is 2. The minimum absolute atomic E-state index is 0.148. The van der Waals surface area contributed by atoms with Crippen LogP contribution in [0.15, 0.2) is 18.3 Å². The summed E-state index contributed by atoms with van der Waals surface area (Å²) in [6, 6.07) is 2.27. The number of aromatic nitrogens is 1. The van der Waals surface area contributed by atoms with Crippen LogP contribution in [0.5, 0.6) is 0 Å². The van der Waals surface area contributed by atoms with Crippen molar-refractivity contribution < 1.29 is 14.0 Å². The van der Waals surface area contributed by atoms with E-state index in [1.165, 1.54) is 6.07 Å². The molecule has 2 rings (SSSR count). The van der Waals surface area contributed by atoms with Crippen molar-refractivity contribution in [2.75, 3.05) is 0 Å². The number of rotatable bonds is 4. The van der Waals surface area contributed by atoms with Gasteiger partial charge in [0.1, 0.15) is 5.82 Å². The summed E-state index contributed by atoms with van der Waals surface area (Å²) in [6.07, 6.45) is 2.95. The molecule has 0 atom stereocenters. The quantitative estimate of drug-likeness (QED) is 0.798. The molecule has 4 N–H and O–H groups in total. The van der Waals surface area contributed by atoms with E-state index in [4.69, 9.17) is 5.73 Å². The van der Waals surface area contributed by atoms with Crippen LogP contribution in [-0.2, 0) is 17.6 Å². The number of H-pyrrole nitrogens is 1. The zero-order chi connectivity index (χ0) is 14.7. The van der Waals surface area contributed by atoms with Gasteiger partial charge in [-0.05, 0) is 30.5 Å². The Morgan fingerprint density at radius 1 is 1.40 bits per heavy atom. The van der Waals surface area contributed by atoms with Crippen molar-refractivity contribution in [1.29, 1.82) is 0 Å². The number of urea groups is 1. The van der Waals surface area contributed by atoms with Gasteiger partial charge in [-0.15, -0.1) is 0 Å². The molecule has 0 unspecified atom stereocenters. The van der Waals surface area contributed by atoms with Crippen molar-refractivity contribution in [3.05, 3.63) is 35.3 Å². The van der Waals surface area contributed by atoms with E-state index in [2.05, 4.69) is 4.98 Å². The Bertz CT molecular complexity index is 664. The number of aryl methyl sites for hydroxylation is 2. The molecule has 1 aromatic heterocycles. The second kappa shape index (κ2) is 5.73. The van der Waals surface area contributed by atoms with Crippen LogP contribution in [0.3, 0.4) is 0 Å². The number of nitrogens with one attached hydrogen (secondary N) is 2. The van der Waals surface area contributed by atoms with E-state index in [-0.39, 0.29) is 12.2 Å². The van der Waals surface area contributed by atoms with Crippen LogP contribution in [0.4, 0.5) is 9.18 Å². The smallest absolute Gasteiger partial charge is 0.318 e. The molecule has 0 spiro atoms. The van der Waals surface area contributed by atoms with Crippen LogP contribution in [0, 0.1) is 5.82 Å². The summed E-state index contributed by atoms with van der Waals surface area (Å²) in [4.78, 5) is 25.0. The number of primary amides is 1. The van der Waals surface area contributed by atoms with Crippen LogP contribution in [0.1, 0.15) is 24.5 Å². The van der Waals surface area contributed by atoms with E-state index in [9.17, 15) is 14.0 Å². The summed E-state index contributed by atoms with van der Waals surface area (Å²) >= 11 is 0. The second-order valence-electron chi connectivity index (χ2n) is 4.53. The van der Waals surface area contributed by atoms with Crippen LogP contribution < -0.4 is 11.1 Å². The Morgan fingerprint density at radius 3 is 2.80 bits per heavy atom. The maximum atomic E-state index is 13.7. The van der Waals surface area contributed by atoms with Crippen LogP contribution in [-0.4, -0.2) is 16.9 Å². The molecule has 0 saturated carbocycles. The van der Waals surface area contributed by atoms with E-state index in [1.54, 1.807) is 12.3 Å². The average Bonchev–Trinajstić information content (AvgIpc) is 2.78. The molecule has 1 heterocycles. The van der Waals surface area contributed by atoms with E-state index in [0.29, 0.717) is 18.4 Å². The SMILES string of the molecule is CCc1c(F)ccc2c(CCC(=O)NC(N)=O)c[nH]c12. The van der Waals surface area contributed by atoms with Crippen LogP contribution in [0.2, 0.25) is 0 Å². The predicted octanol–water partition coefficient (Wildman–Crippen LogP) is 2.00. The first-order chi connectivity index (χ1) is 9.52. The maximum absolute atomic E-state index is 13.7. The lowest BCUT2D eigenvalue weighted by Gasteiger charge is -2.03. The molecule has 106 valence electrons. The number of hydrogen-bond donors (Lipinski definition) is 3. The number of aromatic amines is 1. The largest absolute Gasteiger partial charge is 0.361 e. The number of halogens is 1. The fourth-order valence-corrected chi connectivity index (χ4v) is 2.29. The Kier molecular flexibility index (Phi) is 4.02. The Morgan fingerprint density at radius 2 is 2.15 bits per heavy atom. The molecule has 6 heteroatoms. The lowest BCUT2D eigenvalue weighted by atomic mass is 10.0. The van der Waals surface area contributed by atoms with Gasteiger partial charge in [-0.2, -0.15) is 0 Å². The van der Waals surface area contributed by atoms with Gasteiger partial charge in [0.2, 0.25) is 5.91 Å². The molecule has 0 aliphatic carbocycles. The van der Waals surface area contributed by atoms with Crippen molar-refractivity contribution in [2.45, 2.75) is 26.2 Å². The van der Waals surface area contributed by atoms with Crippen molar-refractivity contribution >= 4 is 22.8 Å². The summed E-state index contributed by atoms with van der Waals surface area (Å²) in [5.74, 6) is -0.662. The number of amides is 3. The highest BCUT2D eigenvalue weighted by atomic mass is 19.1. The van der Waals surface area contributed by atoms with Crippen LogP contribution >= 0.6 is 0 Å². The molecule has 0 bridgehead atoms. The predicted molar refractivity (Wildman–Crippen MR) is 73.7 cm³/mol. The highest BCUT2D eigenvalue weighted by Gasteiger charge is 2.12. The minimum Gasteiger partial charge on any atom is -0.361 e. The molecule has 0 saturated heterocycles. The van der Waals surface area contributed by atoms with Gasteiger partial charge < -0.3 is 10.7 Å². The van der Waals surface area contributed by atoms with Crippen molar-refractivity contribution in [1.82, 2.24) is 10.3 Å². The van der Waals surface area contributed by atoms with Gasteiger partial charge in [-0.25, -0.2) is 9.18 Å². The number of fused-ring (bicyclic) bond motifs is 1. The molecule has 3 amide bonds. The zero-order valence-electron chi connectivity index (χ0n) is 11.1. The summed E-state index contributed by atoms with van der Waals surface area (Å²) in [5.41, 5.74) is 7.18. The summed E-state index contributed by atoms with van der Waals surface area (Å²) < 4.78 is 13.7. The molecule has 5 nitrogen and oxygen atoms in total. The highest BCUT2D eigenvalue weighted by Crippen LogP contribution is 2.25. The Balaban J connectivity index is 2.20.